The molecular weight excluding hydrogens is 632 g/mol. The van der Waals surface area contributed by atoms with E-state index in [-0.39, 0.29) is 36.3 Å². The zero-order valence-electron chi connectivity index (χ0n) is 26.4. The van der Waals surface area contributed by atoms with E-state index in [1.807, 2.05) is 6.26 Å². The Balaban J connectivity index is 2.16. The number of benzene rings is 2. The van der Waals surface area contributed by atoms with Crippen molar-refractivity contribution in [3.05, 3.63) is 59.2 Å². The largest absolute Gasteiger partial charge is 0.480 e. The lowest BCUT2D eigenvalue weighted by Gasteiger charge is -2.26. The summed E-state index contributed by atoms with van der Waals surface area (Å²) in [6.45, 7) is 3.23. The van der Waals surface area contributed by atoms with E-state index in [1.54, 1.807) is 19.1 Å². The maximum atomic E-state index is 13.0. The van der Waals surface area contributed by atoms with Crippen molar-refractivity contribution in [3.8, 4) is 0 Å². The number of thioether (sulfide) groups is 1. The third kappa shape index (κ3) is 11.7. The molecule has 0 saturated carbocycles. The van der Waals surface area contributed by atoms with Crippen LogP contribution in [0.2, 0.25) is 0 Å². The molecule has 6 N–H and O–H groups in total. The number of nitrogens with one attached hydrogen (secondary N) is 3. The minimum absolute atomic E-state index is 0.0479. The third-order valence-electron chi connectivity index (χ3n) is 7.03. The molecule has 0 fully saturated rings. The summed E-state index contributed by atoms with van der Waals surface area (Å²) in [5.41, 5.74) is 0.837. The van der Waals surface area contributed by atoms with Crippen molar-refractivity contribution in [1.82, 2.24) is 16.0 Å². The summed E-state index contributed by atoms with van der Waals surface area (Å²) in [6, 6.07) is 8.27. The Bertz CT molecular complexity index is 1480. The van der Waals surface area contributed by atoms with Crippen molar-refractivity contribution in [2.24, 2.45) is 0 Å². The van der Waals surface area contributed by atoms with Crippen LogP contribution in [0, 0.1) is 0 Å². The number of aryl methyl sites for hydroxylation is 1. The van der Waals surface area contributed by atoms with Crippen molar-refractivity contribution in [1.29, 1.82) is 0 Å². The maximum absolute atomic E-state index is 13.0. The quantitative estimate of drug-likeness (QED) is 0.0997. The molecule has 2 atom stereocenters. The normalized spacial score (nSPS) is 11.9. The topological polar surface area (TPSA) is 220 Å². The second-order valence-electron chi connectivity index (χ2n) is 10.5. The Morgan fingerprint density at radius 3 is 2.19 bits per heavy atom. The summed E-state index contributed by atoms with van der Waals surface area (Å²) in [4.78, 5) is 85.8. The predicted octanol–water partition coefficient (Wildman–Crippen LogP) is 2.35. The van der Waals surface area contributed by atoms with Gasteiger partial charge in [0.2, 0.25) is 17.7 Å². The molecule has 0 heterocycles. The number of nitrogens with zero attached hydrogens (tertiary/aromatic N) is 1. The van der Waals surface area contributed by atoms with Crippen molar-refractivity contribution in [3.63, 3.8) is 0 Å². The number of para-hydroxylation sites is 1. The highest BCUT2D eigenvalue weighted by Gasteiger charge is 2.30. The molecule has 0 unspecified atom stereocenters. The number of carboxylic acids is 3. The first-order chi connectivity index (χ1) is 22.3. The van der Waals surface area contributed by atoms with Gasteiger partial charge < -0.3 is 31.3 Å². The molecule has 254 valence electrons. The van der Waals surface area contributed by atoms with E-state index in [4.69, 9.17) is 0 Å². The molecule has 0 saturated heterocycles. The SMILES string of the molecule is CCc1cc(C[C@H](NC(C)=O)C(=O)NCCCCC(=O)N[C@@H](CCSC)C(=O)O)ccc1N(C(=O)C(=O)O)c1ccccc1C(=O)O. The monoisotopic (exact) mass is 672 g/mol. The van der Waals surface area contributed by atoms with Gasteiger partial charge in [0, 0.05) is 26.3 Å². The van der Waals surface area contributed by atoms with Crippen LogP contribution in [0.3, 0.4) is 0 Å². The fourth-order valence-corrected chi connectivity index (χ4v) is 5.23. The number of unbranched alkanes of at least 4 members (excludes halogenated alkanes) is 1. The molecule has 4 amide bonds. The van der Waals surface area contributed by atoms with E-state index in [0.717, 1.165) is 4.90 Å². The van der Waals surface area contributed by atoms with Crippen LogP contribution in [0.5, 0.6) is 0 Å². The minimum atomic E-state index is -1.78. The first-order valence-corrected chi connectivity index (χ1v) is 16.3. The molecule has 0 aliphatic carbocycles. The van der Waals surface area contributed by atoms with E-state index in [0.29, 0.717) is 42.6 Å². The van der Waals surface area contributed by atoms with Gasteiger partial charge in [-0.25, -0.2) is 14.4 Å². The number of aromatic carboxylic acids is 1. The molecule has 2 rings (SSSR count). The fraction of sp³-hybridized carbons (Fsp3) is 0.406. The van der Waals surface area contributed by atoms with Gasteiger partial charge in [-0.15, -0.1) is 0 Å². The highest BCUT2D eigenvalue weighted by atomic mass is 32.2. The number of hydrogen-bond donors (Lipinski definition) is 6. The van der Waals surface area contributed by atoms with Gasteiger partial charge >= 0.3 is 23.8 Å². The van der Waals surface area contributed by atoms with Crippen molar-refractivity contribution in [2.45, 2.75) is 64.5 Å². The molecule has 14 nitrogen and oxygen atoms in total. The van der Waals surface area contributed by atoms with Crippen molar-refractivity contribution < 1.29 is 48.9 Å². The smallest absolute Gasteiger partial charge is 0.395 e. The molecule has 0 aliphatic rings. The number of carbonyl (C=O) groups is 7. The Morgan fingerprint density at radius 1 is 0.894 bits per heavy atom. The van der Waals surface area contributed by atoms with Gasteiger partial charge in [-0.1, -0.05) is 31.2 Å². The molecule has 0 spiro atoms. The van der Waals surface area contributed by atoms with Crippen LogP contribution in [0.1, 0.15) is 61.0 Å². The van der Waals surface area contributed by atoms with E-state index >= 15 is 0 Å². The zero-order chi connectivity index (χ0) is 35.1. The minimum Gasteiger partial charge on any atom is -0.480 e. The van der Waals surface area contributed by atoms with Gasteiger partial charge in [0.15, 0.2) is 0 Å². The third-order valence-corrected chi connectivity index (χ3v) is 7.68. The van der Waals surface area contributed by atoms with Crippen molar-refractivity contribution >= 4 is 64.7 Å². The molecule has 0 bridgehead atoms. The lowest BCUT2D eigenvalue weighted by Crippen LogP contribution is -2.47. The average molecular weight is 673 g/mol. The molecular formula is C32H40N4O10S. The van der Waals surface area contributed by atoms with Crippen LogP contribution < -0.4 is 20.9 Å². The fourth-order valence-electron chi connectivity index (χ4n) is 4.76. The number of carbonyl (C=O) groups excluding carboxylic acids is 4. The summed E-state index contributed by atoms with van der Waals surface area (Å²) >= 11 is 1.48. The number of aliphatic carboxylic acids is 2. The lowest BCUT2D eigenvalue weighted by molar-refractivity contribution is -0.148. The standard InChI is InChI=1S/C32H40N4O10S/c1-4-21-17-20(12-13-25(21)36(29(40)32(45)46)26-10-6-5-9-22(26)30(41)42)18-24(34-19(2)37)28(39)33-15-8-7-11-27(38)35-23(31(43)44)14-16-47-3/h5-6,9-10,12-13,17,23-24H,4,7-8,11,14-16,18H2,1-3H3,(H,33,39)(H,34,37)(H,35,38)(H,41,42)(H,43,44)(H,45,46)/t23-,24-/m0/s1. The molecule has 0 radical (unpaired) electrons. The number of amides is 4. The molecule has 47 heavy (non-hydrogen) atoms. The van der Waals surface area contributed by atoms with Crippen LogP contribution in [-0.4, -0.2) is 87.5 Å². The summed E-state index contributed by atoms with van der Waals surface area (Å²) in [6.07, 6.45) is 3.42. The predicted molar refractivity (Wildman–Crippen MR) is 175 cm³/mol. The summed E-state index contributed by atoms with van der Waals surface area (Å²) in [7, 11) is 0. The first-order valence-electron chi connectivity index (χ1n) is 14.9. The van der Waals surface area contributed by atoms with Gasteiger partial charge in [0.25, 0.3) is 0 Å². The number of carboxylic acid groups (broad SMARTS) is 3. The van der Waals surface area contributed by atoms with Crippen molar-refractivity contribution in [2.75, 3.05) is 23.5 Å². The summed E-state index contributed by atoms with van der Waals surface area (Å²) < 4.78 is 0. The zero-order valence-corrected chi connectivity index (χ0v) is 27.2. The Hall–Kier alpha value is -4.92. The summed E-state index contributed by atoms with van der Waals surface area (Å²) in [5.74, 6) is -6.32. The van der Waals surface area contributed by atoms with E-state index in [9.17, 15) is 48.9 Å². The first kappa shape index (κ1) is 38.3. The van der Waals surface area contributed by atoms with E-state index in [2.05, 4.69) is 16.0 Å². The molecule has 0 aliphatic heterocycles. The molecule has 2 aromatic rings. The Morgan fingerprint density at radius 2 is 1.60 bits per heavy atom. The molecule has 0 aromatic heterocycles. The molecule has 15 heteroatoms. The summed E-state index contributed by atoms with van der Waals surface area (Å²) in [5, 5.41) is 36.3. The Kier molecular flexibility index (Phi) is 15.4. The highest BCUT2D eigenvalue weighted by Crippen LogP contribution is 2.33. The second-order valence-corrected chi connectivity index (χ2v) is 11.5. The van der Waals surface area contributed by atoms with Gasteiger partial charge in [-0.05, 0) is 67.0 Å². The molecule has 2 aromatic carbocycles. The van der Waals surface area contributed by atoms with Gasteiger partial charge in [0.1, 0.15) is 12.1 Å². The number of rotatable bonds is 18. The second kappa shape index (κ2) is 18.9. The Labute approximate surface area is 276 Å². The van der Waals surface area contributed by atoms with E-state index in [1.165, 1.54) is 49.0 Å². The van der Waals surface area contributed by atoms with Crippen LogP contribution >= 0.6 is 11.8 Å². The lowest BCUT2D eigenvalue weighted by atomic mass is 9.99. The van der Waals surface area contributed by atoms with Gasteiger partial charge in [-0.2, -0.15) is 11.8 Å². The number of hydrogen-bond acceptors (Lipinski definition) is 8. The van der Waals surface area contributed by atoms with Crippen LogP contribution in [0.25, 0.3) is 0 Å². The van der Waals surface area contributed by atoms with Crippen LogP contribution in [0.15, 0.2) is 42.5 Å². The van der Waals surface area contributed by atoms with Crippen LogP contribution in [-0.2, 0) is 41.6 Å². The highest BCUT2D eigenvalue weighted by molar-refractivity contribution is 7.98. The maximum Gasteiger partial charge on any atom is 0.395 e. The van der Waals surface area contributed by atoms with Gasteiger partial charge in [-0.3, -0.25) is 24.1 Å². The van der Waals surface area contributed by atoms with Gasteiger partial charge in [0.05, 0.1) is 16.9 Å². The van der Waals surface area contributed by atoms with E-state index < -0.39 is 53.6 Å². The average Bonchev–Trinajstić information content (AvgIpc) is 3.02. The van der Waals surface area contributed by atoms with Crippen LogP contribution in [0.4, 0.5) is 11.4 Å². The number of anilines is 2.